The van der Waals surface area contributed by atoms with Crippen LogP contribution in [0.1, 0.15) is 39.7 Å². The first-order valence-electron chi connectivity index (χ1n) is 7.70. The summed E-state index contributed by atoms with van der Waals surface area (Å²) >= 11 is 3.28. The Kier molecular flexibility index (Phi) is 5.44. The largest absolute Gasteiger partial charge is 0.311 e. The predicted octanol–water partition coefficient (Wildman–Crippen LogP) is 4.19. The minimum absolute atomic E-state index is 0.119. The van der Waals surface area contributed by atoms with E-state index < -0.39 is 0 Å². The van der Waals surface area contributed by atoms with Crippen LogP contribution in [-0.4, -0.2) is 29.6 Å². The van der Waals surface area contributed by atoms with E-state index in [1.807, 2.05) is 12.1 Å². The molecule has 1 unspecified atom stereocenters. The number of rotatable bonds is 4. The van der Waals surface area contributed by atoms with Gasteiger partial charge in [-0.3, -0.25) is 4.90 Å². The van der Waals surface area contributed by atoms with E-state index in [1.165, 1.54) is 6.42 Å². The van der Waals surface area contributed by atoms with Gasteiger partial charge in [0.2, 0.25) is 0 Å². The molecule has 0 aromatic heterocycles. The summed E-state index contributed by atoms with van der Waals surface area (Å²) in [5.41, 5.74) is 1.27. The van der Waals surface area contributed by atoms with Crippen molar-refractivity contribution < 1.29 is 4.39 Å². The van der Waals surface area contributed by atoms with E-state index >= 15 is 0 Å². The third kappa shape index (κ3) is 4.51. The molecule has 1 saturated heterocycles. The second-order valence-corrected chi connectivity index (χ2v) is 8.00. The van der Waals surface area contributed by atoms with Gasteiger partial charge in [0.05, 0.1) is 4.47 Å². The van der Waals surface area contributed by atoms with Gasteiger partial charge in [0.1, 0.15) is 5.82 Å². The summed E-state index contributed by atoms with van der Waals surface area (Å²) in [6.45, 7) is 12.0. The zero-order chi connectivity index (χ0) is 15.6. The van der Waals surface area contributed by atoms with Gasteiger partial charge in [0.15, 0.2) is 0 Å². The average molecular weight is 357 g/mol. The van der Waals surface area contributed by atoms with Gasteiger partial charge in [-0.05, 0) is 59.8 Å². The van der Waals surface area contributed by atoms with Crippen LogP contribution in [0.2, 0.25) is 0 Å². The van der Waals surface area contributed by atoms with Crippen molar-refractivity contribution in [3.8, 4) is 0 Å². The van der Waals surface area contributed by atoms with Crippen molar-refractivity contribution in [2.24, 2.45) is 5.92 Å². The molecule has 0 aliphatic carbocycles. The van der Waals surface area contributed by atoms with Gasteiger partial charge in [0.25, 0.3) is 0 Å². The summed E-state index contributed by atoms with van der Waals surface area (Å²) in [6, 6.07) is 5.86. The van der Waals surface area contributed by atoms with Crippen LogP contribution in [0.5, 0.6) is 0 Å². The molecule has 2 rings (SSSR count). The van der Waals surface area contributed by atoms with E-state index in [2.05, 4.69) is 53.8 Å². The van der Waals surface area contributed by atoms with Crippen LogP contribution >= 0.6 is 15.9 Å². The Morgan fingerprint density at radius 3 is 2.76 bits per heavy atom. The van der Waals surface area contributed by atoms with Gasteiger partial charge in [-0.15, -0.1) is 0 Å². The molecule has 0 spiro atoms. The molecule has 118 valence electrons. The Morgan fingerprint density at radius 2 is 2.14 bits per heavy atom. The molecule has 1 aliphatic rings. The quantitative estimate of drug-likeness (QED) is 0.869. The van der Waals surface area contributed by atoms with Gasteiger partial charge < -0.3 is 5.32 Å². The molecule has 1 aromatic rings. The standard InChI is InChI=1S/C17H26BrFN2/c1-12(2)7-14-10-21(17(3,4)11-20-14)9-13-5-6-16(19)15(18)8-13/h5-6,8,12,14,20H,7,9-11H2,1-4H3. The maximum atomic E-state index is 13.4. The highest BCUT2D eigenvalue weighted by Gasteiger charge is 2.33. The molecule has 0 saturated carbocycles. The number of piperazine rings is 1. The average Bonchev–Trinajstić information content (AvgIpc) is 2.37. The van der Waals surface area contributed by atoms with E-state index in [1.54, 1.807) is 6.07 Å². The third-order valence-corrected chi connectivity index (χ3v) is 4.84. The topological polar surface area (TPSA) is 15.3 Å². The van der Waals surface area contributed by atoms with Gasteiger partial charge in [-0.25, -0.2) is 4.39 Å². The number of hydrogen-bond donors (Lipinski definition) is 1. The number of benzene rings is 1. The molecule has 1 heterocycles. The van der Waals surface area contributed by atoms with E-state index in [-0.39, 0.29) is 11.4 Å². The maximum absolute atomic E-state index is 13.4. The molecule has 0 amide bonds. The molecular weight excluding hydrogens is 331 g/mol. The maximum Gasteiger partial charge on any atom is 0.137 e. The SMILES string of the molecule is CC(C)CC1CN(Cc2ccc(F)c(Br)c2)C(C)(C)CN1. The van der Waals surface area contributed by atoms with E-state index in [4.69, 9.17) is 0 Å². The minimum Gasteiger partial charge on any atom is -0.311 e. The van der Waals surface area contributed by atoms with Crippen LogP contribution < -0.4 is 5.32 Å². The molecule has 1 aromatic carbocycles. The Hall–Kier alpha value is -0.450. The lowest BCUT2D eigenvalue weighted by atomic mass is 9.93. The van der Waals surface area contributed by atoms with Crippen LogP contribution in [0.4, 0.5) is 4.39 Å². The molecular formula is C17H26BrFN2. The lowest BCUT2D eigenvalue weighted by Crippen LogP contribution is -2.61. The molecule has 1 aliphatic heterocycles. The van der Waals surface area contributed by atoms with Crippen LogP contribution in [0, 0.1) is 11.7 Å². The zero-order valence-corrected chi connectivity index (χ0v) is 15.0. The van der Waals surface area contributed by atoms with Crippen molar-refractivity contribution in [3.63, 3.8) is 0 Å². The molecule has 0 radical (unpaired) electrons. The summed E-state index contributed by atoms with van der Waals surface area (Å²) < 4.78 is 13.9. The first-order valence-corrected chi connectivity index (χ1v) is 8.49. The van der Waals surface area contributed by atoms with Crippen molar-refractivity contribution in [1.82, 2.24) is 10.2 Å². The smallest absolute Gasteiger partial charge is 0.137 e. The monoisotopic (exact) mass is 356 g/mol. The van der Waals surface area contributed by atoms with Crippen molar-refractivity contribution in [2.45, 2.75) is 52.2 Å². The highest BCUT2D eigenvalue weighted by molar-refractivity contribution is 9.10. The fourth-order valence-corrected chi connectivity index (χ4v) is 3.37. The number of hydrogen-bond acceptors (Lipinski definition) is 2. The molecule has 1 atom stereocenters. The number of nitrogens with one attached hydrogen (secondary N) is 1. The van der Waals surface area contributed by atoms with E-state index in [0.717, 1.165) is 25.2 Å². The minimum atomic E-state index is -0.198. The fourth-order valence-electron chi connectivity index (χ4n) is 2.95. The van der Waals surface area contributed by atoms with Crippen LogP contribution in [0.15, 0.2) is 22.7 Å². The summed E-state index contributed by atoms with van der Waals surface area (Å²) in [7, 11) is 0. The van der Waals surface area contributed by atoms with Crippen LogP contribution in [0.3, 0.4) is 0 Å². The second kappa shape index (κ2) is 6.76. The molecule has 0 bridgehead atoms. The van der Waals surface area contributed by atoms with Gasteiger partial charge in [-0.1, -0.05) is 19.9 Å². The molecule has 21 heavy (non-hydrogen) atoms. The number of nitrogens with zero attached hydrogens (tertiary/aromatic N) is 1. The number of halogens is 2. The highest BCUT2D eigenvalue weighted by Crippen LogP contribution is 2.25. The predicted molar refractivity (Wildman–Crippen MR) is 89.8 cm³/mol. The second-order valence-electron chi connectivity index (χ2n) is 7.15. The highest BCUT2D eigenvalue weighted by atomic mass is 79.9. The fraction of sp³-hybridized carbons (Fsp3) is 0.647. The normalized spacial score (nSPS) is 22.7. The summed E-state index contributed by atoms with van der Waals surface area (Å²) in [6.07, 6.45) is 1.19. The van der Waals surface area contributed by atoms with E-state index in [0.29, 0.717) is 16.4 Å². The Labute approximate surface area is 136 Å². The molecule has 1 N–H and O–H groups in total. The van der Waals surface area contributed by atoms with Gasteiger partial charge in [-0.2, -0.15) is 0 Å². The van der Waals surface area contributed by atoms with Crippen molar-refractivity contribution in [1.29, 1.82) is 0 Å². The van der Waals surface area contributed by atoms with Crippen molar-refractivity contribution >= 4 is 15.9 Å². The third-order valence-electron chi connectivity index (χ3n) is 4.23. The molecule has 1 fully saturated rings. The Bertz CT molecular complexity index is 488. The molecule has 2 nitrogen and oxygen atoms in total. The Balaban J connectivity index is 2.08. The first kappa shape index (κ1) is 16.9. The summed E-state index contributed by atoms with van der Waals surface area (Å²) in [5.74, 6) is 0.501. The lowest BCUT2D eigenvalue weighted by molar-refractivity contribution is 0.0535. The van der Waals surface area contributed by atoms with Crippen molar-refractivity contribution in [2.75, 3.05) is 13.1 Å². The lowest BCUT2D eigenvalue weighted by Gasteiger charge is -2.46. The van der Waals surface area contributed by atoms with E-state index in [9.17, 15) is 4.39 Å². The summed E-state index contributed by atoms with van der Waals surface area (Å²) in [5, 5.41) is 3.67. The summed E-state index contributed by atoms with van der Waals surface area (Å²) in [4.78, 5) is 2.51. The van der Waals surface area contributed by atoms with Crippen LogP contribution in [0.25, 0.3) is 0 Å². The molecule has 4 heteroatoms. The van der Waals surface area contributed by atoms with Crippen molar-refractivity contribution in [3.05, 3.63) is 34.1 Å². The first-order chi connectivity index (χ1) is 9.78. The van der Waals surface area contributed by atoms with Crippen LogP contribution in [-0.2, 0) is 6.54 Å². The van der Waals surface area contributed by atoms with Gasteiger partial charge >= 0.3 is 0 Å². The zero-order valence-electron chi connectivity index (χ0n) is 13.4. The Morgan fingerprint density at radius 1 is 1.43 bits per heavy atom. The van der Waals surface area contributed by atoms with Gasteiger partial charge in [0, 0.05) is 31.2 Å².